The van der Waals surface area contributed by atoms with Crippen LogP contribution in [0.3, 0.4) is 0 Å². The summed E-state index contributed by atoms with van der Waals surface area (Å²) in [4.78, 5) is 4.85. The van der Waals surface area contributed by atoms with Crippen molar-refractivity contribution in [2.45, 2.75) is 6.42 Å². The van der Waals surface area contributed by atoms with Gasteiger partial charge in [0, 0.05) is 32.7 Å². The molecule has 1 aliphatic carbocycles. The Labute approximate surface area is 98.4 Å². The van der Waals surface area contributed by atoms with Gasteiger partial charge in [-0.05, 0) is 32.0 Å². The standard InChI is InChI=1S/C13H21N2O/c1-14-7-9-15(10-8-14)11-12-16-13-5-3-2-4-6-13/h2-3,5-6H,4,7-12H2,1H3. The summed E-state index contributed by atoms with van der Waals surface area (Å²) in [5, 5.41) is 0. The van der Waals surface area contributed by atoms with Gasteiger partial charge in [-0.1, -0.05) is 6.08 Å². The number of likely N-dealkylation sites (N-methyl/N-ethyl adjacent to an activating group) is 1. The lowest BCUT2D eigenvalue weighted by Crippen LogP contribution is -2.45. The van der Waals surface area contributed by atoms with E-state index in [-0.39, 0.29) is 0 Å². The summed E-state index contributed by atoms with van der Waals surface area (Å²) in [6.07, 6.45) is 9.36. The fourth-order valence-electron chi connectivity index (χ4n) is 1.96. The van der Waals surface area contributed by atoms with Crippen LogP contribution in [0.15, 0.2) is 24.0 Å². The van der Waals surface area contributed by atoms with E-state index < -0.39 is 0 Å². The van der Waals surface area contributed by atoms with Crippen LogP contribution in [0.5, 0.6) is 0 Å². The molecule has 0 aromatic heterocycles. The quantitative estimate of drug-likeness (QED) is 0.711. The molecule has 1 fully saturated rings. The second-order valence-corrected chi connectivity index (χ2v) is 4.43. The largest absolute Gasteiger partial charge is 0.493 e. The van der Waals surface area contributed by atoms with Crippen molar-refractivity contribution in [1.29, 1.82) is 0 Å². The maximum atomic E-state index is 5.71. The Hall–Kier alpha value is -0.800. The minimum absolute atomic E-state index is 0.805. The van der Waals surface area contributed by atoms with Crippen molar-refractivity contribution in [1.82, 2.24) is 9.80 Å². The number of hydrogen-bond acceptors (Lipinski definition) is 3. The number of piperazine rings is 1. The van der Waals surface area contributed by atoms with Gasteiger partial charge in [0.2, 0.25) is 0 Å². The number of ether oxygens (including phenoxy) is 1. The minimum atomic E-state index is 0.805. The predicted octanol–water partition coefficient (Wildman–Crippen LogP) is 1.30. The Bertz CT molecular complexity index is 265. The zero-order chi connectivity index (χ0) is 11.2. The Morgan fingerprint density at radius 1 is 1.25 bits per heavy atom. The average Bonchev–Trinajstić information content (AvgIpc) is 2.33. The molecule has 0 aromatic carbocycles. The van der Waals surface area contributed by atoms with Crippen molar-refractivity contribution >= 4 is 0 Å². The third kappa shape index (κ3) is 3.65. The van der Waals surface area contributed by atoms with Crippen LogP contribution in [0.4, 0.5) is 0 Å². The topological polar surface area (TPSA) is 15.7 Å². The van der Waals surface area contributed by atoms with E-state index in [0.717, 1.165) is 25.3 Å². The lowest BCUT2D eigenvalue weighted by Gasteiger charge is -2.32. The molecule has 1 aliphatic heterocycles. The van der Waals surface area contributed by atoms with Gasteiger partial charge in [-0.25, -0.2) is 0 Å². The predicted molar refractivity (Wildman–Crippen MR) is 66.0 cm³/mol. The van der Waals surface area contributed by atoms with Crippen LogP contribution >= 0.6 is 0 Å². The molecule has 0 unspecified atom stereocenters. The second kappa shape index (κ2) is 6.06. The molecule has 0 amide bonds. The Morgan fingerprint density at radius 3 is 2.75 bits per heavy atom. The summed E-state index contributed by atoms with van der Waals surface area (Å²) < 4.78 is 5.71. The van der Waals surface area contributed by atoms with E-state index in [1.807, 2.05) is 6.08 Å². The highest BCUT2D eigenvalue weighted by Gasteiger charge is 2.13. The molecule has 1 heterocycles. The molecule has 3 heteroatoms. The summed E-state index contributed by atoms with van der Waals surface area (Å²) in [7, 11) is 2.18. The van der Waals surface area contributed by atoms with Gasteiger partial charge < -0.3 is 9.64 Å². The van der Waals surface area contributed by atoms with Crippen molar-refractivity contribution in [3.8, 4) is 0 Å². The number of rotatable bonds is 4. The van der Waals surface area contributed by atoms with Crippen molar-refractivity contribution in [2.75, 3.05) is 46.4 Å². The summed E-state index contributed by atoms with van der Waals surface area (Å²) in [5.74, 6) is 1.02. The molecule has 89 valence electrons. The number of hydrogen-bond donors (Lipinski definition) is 0. The van der Waals surface area contributed by atoms with E-state index >= 15 is 0 Å². The van der Waals surface area contributed by atoms with Gasteiger partial charge in [0.25, 0.3) is 0 Å². The van der Waals surface area contributed by atoms with Gasteiger partial charge in [-0.3, -0.25) is 4.90 Å². The molecule has 2 aliphatic rings. The maximum absolute atomic E-state index is 5.71. The molecule has 2 rings (SSSR count). The molecule has 0 saturated carbocycles. The Balaban J connectivity index is 1.61. The highest BCUT2D eigenvalue weighted by atomic mass is 16.5. The first-order valence-corrected chi connectivity index (χ1v) is 6.08. The molecule has 1 radical (unpaired) electrons. The fraction of sp³-hybridized carbons (Fsp3) is 0.615. The molecular formula is C13H21N2O. The van der Waals surface area contributed by atoms with E-state index in [4.69, 9.17) is 4.74 Å². The van der Waals surface area contributed by atoms with Crippen molar-refractivity contribution in [3.63, 3.8) is 0 Å². The maximum Gasteiger partial charge on any atom is 0.115 e. The van der Waals surface area contributed by atoms with E-state index in [1.165, 1.54) is 26.2 Å². The third-order valence-electron chi connectivity index (χ3n) is 3.12. The van der Waals surface area contributed by atoms with Crippen LogP contribution in [-0.4, -0.2) is 56.2 Å². The number of allylic oxidation sites excluding steroid dienone is 3. The molecule has 0 N–H and O–H groups in total. The first-order chi connectivity index (χ1) is 7.84. The van der Waals surface area contributed by atoms with E-state index in [0.29, 0.717) is 0 Å². The van der Waals surface area contributed by atoms with Gasteiger partial charge in [-0.2, -0.15) is 0 Å². The Kier molecular flexibility index (Phi) is 4.43. The van der Waals surface area contributed by atoms with Crippen LogP contribution in [0.1, 0.15) is 6.42 Å². The minimum Gasteiger partial charge on any atom is -0.493 e. The highest BCUT2D eigenvalue weighted by molar-refractivity contribution is 5.21. The van der Waals surface area contributed by atoms with Crippen LogP contribution in [-0.2, 0) is 4.74 Å². The lowest BCUT2D eigenvalue weighted by atomic mass is 10.2. The molecule has 16 heavy (non-hydrogen) atoms. The zero-order valence-electron chi connectivity index (χ0n) is 10.1. The lowest BCUT2D eigenvalue weighted by molar-refractivity contribution is 0.116. The monoisotopic (exact) mass is 221 g/mol. The average molecular weight is 221 g/mol. The van der Waals surface area contributed by atoms with E-state index in [1.54, 1.807) is 0 Å². The smallest absolute Gasteiger partial charge is 0.115 e. The normalized spacial score (nSPS) is 23.2. The van der Waals surface area contributed by atoms with Crippen LogP contribution in [0.25, 0.3) is 0 Å². The SMILES string of the molecule is CN1CCN(CCOC2=CC[CH]C=C2)CC1. The van der Waals surface area contributed by atoms with Crippen LogP contribution < -0.4 is 0 Å². The summed E-state index contributed by atoms with van der Waals surface area (Å²) in [5.41, 5.74) is 0. The van der Waals surface area contributed by atoms with E-state index in [9.17, 15) is 0 Å². The molecule has 0 spiro atoms. The molecule has 0 aromatic rings. The van der Waals surface area contributed by atoms with Gasteiger partial charge in [0.05, 0.1) is 0 Å². The Morgan fingerprint density at radius 2 is 2.06 bits per heavy atom. The molecule has 1 saturated heterocycles. The van der Waals surface area contributed by atoms with Crippen molar-refractivity contribution < 1.29 is 4.74 Å². The molecule has 3 nitrogen and oxygen atoms in total. The summed E-state index contributed by atoms with van der Waals surface area (Å²) >= 11 is 0. The van der Waals surface area contributed by atoms with Gasteiger partial charge >= 0.3 is 0 Å². The van der Waals surface area contributed by atoms with Crippen molar-refractivity contribution in [3.05, 3.63) is 30.4 Å². The molecule has 0 bridgehead atoms. The third-order valence-corrected chi connectivity index (χ3v) is 3.12. The first-order valence-electron chi connectivity index (χ1n) is 6.08. The number of nitrogens with zero attached hydrogens (tertiary/aromatic N) is 2. The van der Waals surface area contributed by atoms with E-state index in [2.05, 4.69) is 35.4 Å². The van der Waals surface area contributed by atoms with Crippen LogP contribution in [0, 0.1) is 6.42 Å². The summed E-state index contributed by atoms with van der Waals surface area (Å²) in [6, 6.07) is 0. The second-order valence-electron chi connectivity index (χ2n) is 4.43. The molecule has 0 atom stereocenters. The van der Waals surface area contributed by atoms with Gasteiger partial charge in [0.1, 0.15) is 12.4 Å². The molecular weight excluding hydrogens is 200 g/mol. The highest BCUT2D eigenvalue weighted by Crippen LogP contribution is 2.10. The van der Waals surface area contributed by atoms with Gasteiger partial charge in [-0.15, -0.1) is 0 Å². The van der Waals surface area contributed by atoms with Crippen molar-refractivity contribution in [2.24, 2.45) is 0 Å². The zero-order valence-corrected chi connectivity index (χ0v) is 10.1. The van der Waals surface area contributed by atoms with Gasteiger partial charge in [0.15, 0.2) is 0 Å². The van der Waals surface area contributed by atoms with Crippen LogP contribution in [0.2, 0.25) is 0 Å². The first kappa shape index (κ1) is 11.7. The fourth-order valence-corrected chi connectivity index (χ4v) is 1.96. The summed E-state index contributed by atoms with van der Waals surface area (Å²) in [6.45, 7) is 6.54.